The van der Waals surface area contributed by atoms with E-state index in [1.807, 2.05) is 20.8 Å². The molecule has 7 nitrogen and oxygen atoms in total. The second kappa shape index (κ2) is 6.19. The average Bonchev–Trinajstić information content (AvgIpc) is 2.34. The molecule has 3 N–H and O–H groups in total. The van der Waals surface area contributed by atoms with Crippen LogP contribution < -0.4 is 10.5 Å². The maximum Gasteiger partial charge on any atom is 0.312 e. The topological polar surface area (TPSA) is 115 Å². The van der Waals surface area contributed by atoms with Gasteiger partial charge in [-0.25, -0.2) is 13.1 Å². The molecule has 0 saturated carbocycles. The van der Waals surface area contributed by atoms with Crippen LogP contribution in [0.1, 0.15) is 27.2 Å². The van der Waals surface area contributed by atoms with Crippen molar-refractivity contribution >= 4 is 21.4 Å². The van der Waals surface area contributed by atoms with Crippen LogP contribution in [0.4, 0.5) is 11.4 Å². The molecule has 8 heteroatoms. The predicted molar refractivity (Wildman–Crippen MR) is 76.7 cm³/mol. The summed E-state index contributed by atoms with van der Waals surface area (Å²) in [6, 6.07) is 3.58. The summed E-state index contributed by atoms with van der Waals surface area (Å²) in [7, 11) is -3.99. The van der Waals surface area contributed by atoms with E-state index in [0.717, 1.165) is 0 Å². The van der Waals surface area contributed by atoms with Gasteiger partial charge in [-0.05, 0) is 24.5 Å². The average molecular weight is 301 g/mol. The van der Waals surface area contributed by atoms with E-state index in [-0.39, 0.29) is 17.6 Å². The minimum Gasteiger partial charge on any atom is -0.393 e. The van der Waals surface area contributed by atoms with Crippen molar-refractivity contribution in [2.24, 2.45) is 5.92 Å². The van der Waals surface area contributed by atoms with Crippen LogP contribution in [0.25, 0.3) is 0 Å². The summed E-state index contributed by atoms with van der Waals surface area (Å²) in [5, 5.41) is 11.0. The Bertz CT molecular complexity index is 599. The Morgan fingerprint density at radius 3 is 2.45 bits per heavy atom. The van der Waals surface area contributed by atoms with Gasteiger partial charge in [0.15, 0.2) is 4.90 Å². The van der Waals surface area contributed by atoms with E-state index in [2.05, 4.69) is 4.72 Å². The van der Waals surface area contributed by atoms with Crippen LogP contribution >= 0.6 is 0 Å². The first-order valence-corrected chi connectivity index (χ1v) is 7.74. The molecule has 0 radical (unpaired) electrons. The van der Waals surface area contributed by atoms with E-state index in [4.69, 9.17) is 5.73 Å². The third-order valence-corrected chi connectivity index (χ3v) is 4.57. The largest absolute Gasteiger partial charge is 0.393 e. The number of sulfonamides is 1. The number of nitrogen functional groups attached to an aromatic ring is 1. The molecule has 1 rings (SSSR count). The normalized spacial score (nSPS) is 13.4. The van der Waals surface area contributed by atoms with Crippen molar-refractivity contribution in [2.45, 2.75) is 38.1 Å². The summed E-state index contributed by atoms with van der Waals surface area (Å²) in [6.07, 6.45) is 0.590. The molecular formula is C12H19N3O4S. The van der Waals surface area contributed by atoms with Gasteiger partial charge in [0.1, 0.15) is 5.69 Å². The van der Waals surface area contributed by atoms with Crippen LogP contribution in [0.2, 0.25) is 0 Å². The first kappa shape index (κ1) is 16.4. The van der Waals surface area contributed by atoms with Crippen molar-refractivity contribution in [3.8, 4) is 0 Å². The van der Waals surface area contributed by atoms with Crippen molar-refractivity contribution < 1.29 is 13.3 Å². The van der Waals surface area contributed by atoms with Gasteiger partial charge in [-0.15, -0.1) is 0 Å². The Hall–Kier alpha value is -1.67. The number of nitro benzene ring substituents is 1. The molecular weight excluding hydrogens is 282 g/mol. The first-order valence-electron chi connectivity index (χ1n) is 6.26. The zero-order valence-corrected chi connectivity index (χ0v) is 12.5. The SMILES string of the molecule is CCC(NS(=O)(=O)c1cccc(N)c1[N+](=O)[O-])C(C)C. The van der Waals surface area contributed by atoms with E-state index in [0.29, 0.717) is 6.42 Å². The van der Waals surface area contributed by atoms with Crippen molar-refractivity contribution in [2.75, 3.05) is 5.73 Å². The zero-order valence-electron chi connectivity index (χ0n) is 11.7. The highest BCUT2D eigenvalue weighted by atomic mass is 32.2. The van der Waals surface area contributed by atoms with Crippen LogP contribution in [-0.4, -0.2) is 19.4 Å². The van der Waals surface area contributed by atoms with Gasteiger partial charge in [0.2, 0.25) is 10.0 Å². The standard InChI is InChI=1S/C12H19N3O4S/c1-4-10(8(2)3)14-20(18,19)11-7-5-6-9(13)12(11)15(16)17/h5-8,10,14H,4,13H2,1-3H3. The molecule has 0 saturated heterocycles. The molecule has 1 atom stereocenters. The third kappa shape index (κ3) is 3.45. The number of nitrogens with one attached hydrogen (secondary N) is 1. The highest BCUT2D eigenvalue weighted by Gasteiger charge is 2.30. The smallest absolute Gasteiger partial charge is 0.312 e. The van der Waals surface area contributed by atoms with Gasteiger partial charge in [0, 0.05) is 6.04 Å². The fraction of sp³-hybridized carbons (Fsp3) is 0.500. The minimum absolute atomic E-state index is 0.0786. The van der Waals surface area contributed by atoms with E-state index in [9.17, 15) is 18.5 Å². The van der Waals surface area contributed by atoms with Crippen molar-refractivity contribution in [1.82, 2.24) is 4.72 Å². The summed E-state index contributed by atoms with van der Waals surface area (Å²) in [4.78, 5) is 9.83. The highest BCUT2D eigenvalue weighted by molar-refractivity contribution is 7.89. The number of anilines is 1. The molecule has 0 aliphatic heterocycles. The van der Waals surface area contributed by atoms with Crippen molar-refractivity contribution in [3.05, 3.63) is 28.3 Å². The molecule has 112 valence electrons. The van der Waals surface area contributed by atoms with Gasteiger partial charge in [-0.1, -0.05) is 26.8 Å². The number of hydrogen-bond donors (Lipinski definition) is 2. The Morgan fingerprint density at radius 1 is 1.40 bits per heavy atom. The number of para-hydroxylation sites is 1. The predicted octanol–water partition coefficient (Wildman–Crippen LogP) is 1.89. The van der Waals surface area contributed by atoms with Gasteiger partial charge in [-0.3, -0.25) is 10.1 Å². The molecule has 0 aromatic heterocycles. The summed E-state index contributed by atoms with van der Waals surface area (Å²) >= 11 is 0. The molecule has 1 aromatic carbocycles. The Kier molecular flexibility index (Phi) is 5.07. The lowest BCUT2D eigenvalue weighted by atomic mass is 10.0. The van der Waals surface area contributed by atoms with Gasteiger partial charge in [0.05, 0.1) is 4.92 Å². The lowest BCUT2D eigenvalue weighted by Gasteiger charge is -2.20. The Labute approximate surface area is 118 Å². The van der Waals surface area contributed by atoms with Crippen LogP contribution in [0, 0.1) is 16.0 Å². The maximum absolute atomic E-state index is 12.3. The Balaban J connectivity index is 3.30. The molecule has 0 aliphatic carbocycles. The van der Waals surface area contributed by atoms with Gasteiger partial charge < -0.3 is 5.73 Å². The number of benzene rings is 1. The summed E-state index contributed by atoms with van der Waals surface area (Å²) in [6.45, 7) is 5.61. The second-order valence-electron chi connectivity index (χ2n) is 4.83. The summed E-state index contributed by atoms with van der Waals surface area (Å²) in [5.74, 6) is 0.0786. The quantitative estimate of drug-likeness (QED) is 0.473. The van der Waals surface area contributed by atoms with E-state index in [1.54, 1.807) is 0 Å². The number of nitro groups is 1. The van der Waals surface area contributed by atoms with Gasteiger partial charge in [0.25, 0.3) is 0 Å². The van der Waals surface area contributed by atoms with Crippen molar-refractivity contribution in [1.29, 1.82) is 0 Å². The van der Waals surface area contributed by atoms with Gasteiger partial charge in [-0.2, -0.15) is 0 Å². The van der Waals surface area contributed by atoms with E-state index in [1.165, 1.54) is 18.2 Å². The fourth-order valence-electron chi connectivity index (χ4n) is 1.91. The minimum atomic E-state index is -3.99. The molecule has 20 heavy (non-hydrogen) atoms. The molecule has 0 heterocycles. The Morgan fingerprint density at radius 2 is 2.00 bits per heavy atom. The molecule has 0 aliphatic rings. The van der Waals surface area contributed by atoms with Gasteiger partial charge >= 0.3 is 5.69 Å². The monoisotopic (exact) mass is 301 g/mol. The molecule has 1 aromatic rings. The number of hydrogen-bond acceptors (Lipinski definition) is 5. The summed E-state index contributed by atoms with van der Waals surface area (Å²) in [5.41, 5.74) is 4.75. The highest BCUT2D eigenvalue weighted by Crippen LogP contribution is 2.30. The van der Waals surface area contributed by atoms with E-state index < -0.39 is 25.5 Å². The lowest BCUT2D eigenvalue weighted by Crippen LogP contribution is -2.38. The number of rotatable bonds is 6. The van der Waals surface area contributed by atoms with Crippen LogP contribution in [0.5, 0.6) is 0 Å². The molecule has 0 amide bonds. The molecule has 1 unspecified atom stereocenters. The molecule has 0 bridgehead atoms. The number of nitrogens with zero attached hydrogens (tertiary/aromatic N) is 1. The zero-order chi connectivity index (χ0) is 15.5. The van der Waals surface area contributed by atoms with Crippen molar-refractivity contribution in [3.63, 3.8) is 0 Å². The maximum atomic E-state index is 12.3. The van der Waals surface area contributed by atoms with E-state index >= 15 is 0 Å². The van der Waals surface area contributed by atoms with Crippen LogP contribution in [-0.2, 0) is 10.0 Å². The second-order valence-corrected chi connectivity index (χ2v) is 6.51. The number of nitrogens with two attached hydrogens (primary N) is 1. The third-order valence-electron chi connectivity index (χ3n) is 3.05. The lowest BCUT2D eigenvalue weighted by molar-refractivity contribution is -0.386. The molecule has 0 spiro atoms. The summed E-state index contributed by atoms with van der Waals surface area (Å²) < 4.78 is 27.1. The van der Waals surface area contributed by atoms with Crippen LogP contribution in [0.15, 0.2) is 23.1 Å². The first-order chi connectivity index (χ1) is 9.20. The fourth-order valence-corrected chi connectivity index (χ4v) is 3.57. The molecule has 0 fully saturated rings. The van der Waals surface area contributed by atoms with Crippen LogP contribution in [0.3, 0.4) is 0 Å².